The molecule has 46 heavy (non-hydrogen) atoms. The minimum atomic E-state index is -4.07. The number of esters is 1. The average Bonchev–Trinajstić information content (AvgIpc) is 3.03. The van der Waals surface area contributed by atoms with E-state index in [0.29, 0.717) is 38.9 Å². The summed E-state index contributed by atoms with van der Waals surface area (Å²) >= 11 is 0. The normalized spacial score (nSPS) is 11.6. The number of carbonyl (C=O) groups is 3. The average molecular weight is 682 g/mol. The van der Waals surface area contributed by atoms with E-state index >= 15 is 0 Å². The van der Waals surface area contributed by atoms with Gasteiger partial charge in [-0.3, -0.25) is 13.8 Å². The highest BCUT2D eigenvalue weighted by Gasteiger charge is 2.26. The standard InChI is InChI=1S/C31H60N3O11P/c1-5-7-9-11-13-15-21-40-30(36)42-23-17-19-25-44-46(38,33-29(32)34(3)27-28(35)39-4)45-26-20-18-24-43-31(37)41-22-16-14-12-10-8-6-2/h5-27H2,1-4H3,(H2,32,33,38). The molecule has 0 aromatic rings. The van der Waals surface area contributed by atoms with E-state index in [2.05, 4.69) is 23.3 Å². The van der Waals surface area contributed by atoms with E-state index in [4.69, 9.17) is 33.7 Å². The van der Waals surface area contributed by atoms with E-state index in [9.17, 15) is 18.9 Å². The number of hydrogen-bond donors (Lipinski definition) is 1. The van der Waals surface area contributed by atoms with E-state index in [0.717, 1.165) is 38.5 Å². The van der Waals surface area contributed by atoms with Crippen molar-refractivity contribution in [2.24, 2.45) is 10.5 Å². The molecule has 0 heterocycles. The Labute approximate surface area is 275 Å². The van der Waals surface area contributed by atoms with Crippen LogP contribution < -0.4 is 5.73 Å². The Bertz CT molecular complexity index is 831. The second-order valence-corrected chi connectivity index (χ2v) is 12.5. The lowest BCUT2D eigenvalue weighted by molar-refractivity contribution is -0.140. The topological polar surface area (TPSA) is 175 Å². The highest BCUT2D eigenvalue weighted by Crippen LogP contribution is 2.50. The highest BCUT2D eigenvalue weighted by atomic mass is 31.2. The van der Waals surface area contributed by atoms with Crippen molar-refractivity contribution in [1.82, 2.24) is 4.90 Å². The SMILES string of the molecule is CCCCCCCCOC(=O)OCCCCOP(=O)(/N=C(\N)N(C)CC(=O)OC)OCCCCOC(=O)OCCCCCCCC. The fourth-order valence-electron chi connectivity index (χ4n) is 3.87. The zero-order valence-electron chi connectivity index (χ0n) is 28.7. The molecule has 270 valence electrons. The van der Waals surface area contributed by atoms with Gasteiger partial charge in [-0.1, -0.05) is 78.1 Å². The molecule has 15 heteroatoms. The van der Waals surface area contributed by atoms with Gasteiger partial charge in [0.15, 0.2) is 0 Å². The summed E-state index contributed by atoms with van der Waals surface area (Å²) in [4.78, 5) is 36.3. The van der Waals surface area contributed by atoms with E-state index < -0.39 is 26.0 Å². The molecule has 0 aliphatic carbocycles. The van der Waals surface area contributed by atoms with Gasteiger partial charge in [0.1, 0.15) is 6.54 Å². The van der Waals surface area contributed by atoms with Crippen LogP contribution in [0.4, 0.5) is 9.59 Å². The van der Waals surface area contributed by atoms with Crippen molar-refractivity contribution in [3.05, 3.63) is 0 Å². The number of ether oxygens (including phenoxy) is 5. The first-order valence-corrected chi connectivity index (χ1v) is 18.3. The van der Waals surface area contributed by atoms with Gasteiger partial charge >= 0.3 is 26.0 Å². The summed E-state index contributed by atoms with van der Waals surface area (Å²) in [5.41, 5.74) is 5.93. The van der Waals surface area contributed by atoms with Gasteiger partial charge in [0.25, 0.3) is 0 Å². The smallest absolute Gasteiger partial charge is 0.468 e. The van der Waals surface area contributed by atoms with Gasteiger partial charge in [-0.25, -0.2) is 14.2 Å². The van der Waals surface area contributed by atoms with E-state index in [1.165, 1.54) is 57.6 Å². The number of nitrogens with two attached hydrogens (primary N) is 1. The van der Waals surface area contributed by atoms with Crippen molar-refractivity contribution >= 4 is 32.0 Å². The summed E-state index contributed by atoms with van der Waals surface area (Å²) in [7, 11) is -1.36. The minimum absolute atomic E-state index is 0.0154. The Morgan fingerprint density at radius 1 is 0.609 bits per heavy atom. The molecule has 0 rings (SSSR count). The first kappa shape index (κ1) is 43.4. The maximum absolute atomic E-state index is 13.4. The minimum Gasteiger partial charge on any atom is -0.468 e. The third-order valence-electron chi connectivity index (χ3n) is 6.67. The predicted octanol–water partition coefficient (Wildman–Crippen LogP) is 7.14. The Morgan fingerprint density at radius 3 is 1.35 bits per heavy atom. The third-order valence-corrected chi connectivity index (χ3v) is 8.14. The van der Waals surface area contributed by atoms with Crippen molar-refractivity contribution in [2.75, 3.05) is 60.3 Å². The van der Waals surface area contributed by atoms with Gasteiger partial charge in [-0.15, -0.1) is 4.76 Å². The van der Waals surface area contributed by atoms with Crippen LogP contribution in [0.2, 0.25) is 0 Å². The molecular formula is C31H60N3O11P. The molecule has 0 fully saturated rings. The molecule has 0 aliphatic heterocycles. The number of unbranched alkanes of at least 4 members (excludes halogenated alkanes) is 12. The summed E-state index contributed by atoms with van der Waals surface area (Å²) in [5.74, 6) is -0.796. The number of nitrogens with zero attached hydrogens (tertiary/aromatic N) is 2. The Morgan fingerprint density at radius 2 is 0.957 bits per heavy atom. The van der Waals surface area contributed by atoms with Crippen LogP contribution in [0.3, 0.4) is 0 Å². The fourth-order valence-corrected chi connectivity index (χ4v) is 5.19. The molecule has 0 saturated carbocycles. The first-order valence-electron chi connectivity index (χ1n) is 16.8. The lowest BCUT2D eigenvalue weighted by atomic mass is 10.1. The van der Waals surface area contributed by atoms with Gasteiger partial charge in [0.05, 0.1) is 46.8 Å². The number of guanidine groups is 1. The van der Waals surface area contributed by atoms with Crippen molar-refractivity contribution < 1.29 is 51.7 Å². The predicted molar refractivity (Wildman–Crippen MR) is 176 cm³/mol. The lowest BCUT2D eigenvalue weighted by Gasteiger charge is -2.19. The van der Waals surface area contributed by atoms with Crippen molar-refractivity contribution in [3.8, 4) is 0 Å². The summed E-state index contributed by atoms with van der Waals surface area (Å²) in [5, 5.41) is 0. The van der Waals surface area contributed by atoms with Gasteiger partial charge < -0.3 is 34.3 Å². The van der Waals surface area contributed by atoms with Gasteiger partial charge in [0, 0.05) is 7.05 Å². The zero-order chi connectivity index (χ0) is 34.3. The maximum atomic E-state index is 13.4. The molecule has 0 bridgehead atoms. The summed E-state index contributed by atoms with van der Waals surface area (Å²) in [6.45, 7) is 4.95. The van der Waals surface area contributed by atoms with Crippen LogP contribution in [-0.2, 0) is 42.1 Å². The second-order valence-electron chi connectivity index (χ2n) is 10.9. The Kier molecular flexibility index (Phi) is 28.1. The van der Waals surface area contributed by atoms with Crippen LogP contribution in [0.5, 0.6) is 0 Å². The van der Waals surface area contributed by atoms with Crippen molar-refractivity contribution in [1.29, 1.82) is 0 Å². The van der Waals surface area contributed by atoms with Crippen LogP contribution in [0.1, 0.15) is 117 Å². The second kappa shape index (κ2) is 29.8. The molecule has 14 nitrogen and oxygen atoms in total. The van der Waals surface area contributed by atoms with Crippen molar-refractivity contribution in [3.63, 3.8) is 0 Å². The summed E-state index contributed by atoms with van der Waals surface area (Å²) < 4.78 is 53.2. The quantitative estimate of drug-likeness (QED) is 0.0211. The molecule has 0 aromatic carbocycles. The van der Waals surface area contributed by atoms with Crippen LogP contribution >= 0.6 is 7.75 Å². The zero-order valence-corrected chi connectivity index (χ0v) is 29.6. The monoisotopic (exact) mass is 681 g/mol. The molecule has 0 spiro atoms. The largest absolute Gasteiger partial charge is 0.508 e. The van der Waals surface area contributed by atoms with Crippen LogP contribution in [-0.4, -0.2) is 89.5 Å². The maximum Gasteiger partial charge on any atom is 0.508 e. The van der Waals surface area contributed by atoms with E-state index in [1.807, 2.05) is 0 Å². The molecule has 0 radical (unpaired) electrons. The van der Waals surface area contributed by atoms with Gasteiger partial charge in [-0.2, -0.15) is 0 Å². The molecule has 0 atom stereocenters. The Balaban J connectivity index is 4.48. The number of likely N-dealkylation sites (N-methyl/N-ethyl adjacent to an activating group) is 1. The van der Waals surface area contributed by atoms with E-state index in [1.54, 1.807) is 0 Å². The fraction of sp³-hybridized carbons (Fsp3) is 0.871. The molecule has 0 aliphatic rings. The first-order chi connectivity index (χ1) is 22.2. The van der Waals surface area contributed by atoms with Crippen LogP contribution in [0.25, 0.3) is 0 Å². The molecular weight excluding hydrogens is 621 g/mol. The molecule has 0 saturated heterocycles. The Hall–Kier alpha value is -2.57. The number of methoxy groups -OCH3 is 1. The number of carbonyl (C=O) groups excluding carboxylic acids is 3. The lowest BCUT2D eigenvalue weighted by Crippen LogP contribution is -2.38. The van der Waals surface area contributed by atoms with Crippen molar-refractivity contribution in [2.45, 2.75) is 117 Å². The summed E-state index contributed by atoms with van der Waals surface area (Å²) in [6, 6.07) is 0. The van der Waals surface area contributed by atoms with Gasteiger partial charge in [0.2, 0.25) is 5.96 Å². The molecule has 2 N–H and O–H groups in total. The molecule has 0 aromatic heterocycles. The summed E-state index contributed by atoms with van der Waals surface area (Å²) in [6.07, 6.45) is 13.3. The number of hydrogen-bond acceptors (Lipinski definition) is 11. The van der Waals surface area contributed by atoms with Crippen LogP contribution in [0, 0.1) is 0 Å². The molecule has 0 amide bonds. The third kappa shape index (κ3) is 26.6. The highest BCUT2D eigenvalue weighted by molar-refractivity contribution is 7.52. The van der Waals surface area contributed by atoms with E-state index in [-0.39, 0.29) is 38.9 Å². The van der Waals surface area contributed by atoms with Gasteiger partial charge in [-0.05, 0) is 38.5 Å². The van der Waals surface area contributed by atoms with Crippen LogP contribution in [0.15, 0.2) is 4.76 Å². The molecule has 0 unspecified atom stereocenters. The number of rotatable bonds is 29.